The summed E-state index contributed by atoms with van der Waals surface area (Å²) in [5.41, 5.74) is 3.07. The number of nitrogens with one attached hydrogen (secondary N) is 1. The minimum atomic E-state index is -3.55. The summed E-state index contributed by atoms with van der Waals surface area (Å²) in [6, 6.07) is 18.2. The van der Waals surface area contributed by atoms with Gasteiger partial charge in [0.1, 0.15) is 11.5 Å². The third-order valence-electron chi connectivity index (χ3n) is 5.29. The second-order valence-electron chi connectivity index (χ2n) is 7.82. The molecule has 7 heteroatoms. The van der Waals surface area contributed by atoms with Crippen LogP contribution >= 0.6 is 0 Å². The molecule has 3 rings (SSSR count). The molecule has 1 N–H and O–H groups in total. The molecule has 32 heavy (non-hydrogen) atoms. The minimum Gasteiger partial charge on any atom is -0.455 e. The first-order valence-corrected chi connectivity index (χ1v) is 12.4. The van der Waals surface area contributed by atoms with Gasteiger partial charge in [-0.1, -0.05) is 30.3 Å². The highest BCUT2D eigenvalue weighted by atomic mass is 32.2. The standard InChI is InChI=1S/C25H30N2O4S/c1-4-27(21-11-7-9-19(2)17-21)16-8-15-26-25(28)23-14-13-22(31-23)18-32(29,30)24-12-6-5-10-20(24)3/h5-7,9-14,17H,4,8,15-16,18H2,1-3H3,(H,26,28). The number of hydrogen-bond acceptors (Lipinski definition) is 5. The first-order valence-electron chi connectivity index (χ1n) is 10.8. The molecule has 0 unspecified atom stereocenters. The van der Waals surface area contributed by atoms with Crippen molar-refractivity contribution >= 4 is 21.4 Å². The molecule has 0 aliphatic rings. The Morgan fingerprint density at radius 2 is 1.81 bits per heavy atom. The van der Waals surface area contributed by atoms with Crippen molar-refractivity contribution in [3.05, 3.63) is 83.3 Å². The van der Waals surface area contributed by atoms with E-state index in [1.165, 1.54) is 17.3 Å². The summed E-state index contributed by atoms with van der Waals surface area (Å²) in [4.78, 5) is 14.9. The Bertz CT molecular complexity index is 1170. The minimum absolute atomic E-state index is 0.117. The SMILES string of the molecule is CCN(CCCNC(=O)c1ccc(CS(=O)(=O)c2ccccc2C)o1)c1cccc(C)c1. The van der Waals surface area contributed by atoms with E-state index in [9.17, 15) is 13.2 Å². The van der Waals surface area contributed by atoms with E-state index in [1.807, 2.05) is 6.07 Å². The predicted molar refractivity (Wildman–Crippen MR) is 127 cm³/mol. The summed E-state index contributed by atoms with van der Waals surface area (Å²) < 4.78 is 30.9. The predicted octanol–water partition coefficient (Wildman–Crippen LogP) is 4.52. The van der Waals surface area contributed by atoms with Gasteiger partial charge < -0.3 is 14.6 Å². The van der Waals surface area contributed by atoms with Crippen LogP contribution in [-0.2, 0) is 15.6 Å². The lowest BCUT2D eigenvalue weighted by molar-refractivity contribution is 0.0924. The summed E-state index contributed by atoms with van der Waals surface area (Å²) in [7, 11) is -3.55. The number of sulfone groups is 1. The number of furan rings is 1. The summed E-state index contributed by atoms with van der Waals surface area (Å²) >= 11 is 0. The first-order chi connectivity index (χ1) is 15.3. The molecule has 0 spiro atoms. The molecule has 0 fully saturated rings. The van der Waals surface area contributed by atoms with Gasteiger partial charge in [-0.2, -0.15) is 0 Å². The van der Waals surface area contributed by atoms with Gasteiger partial charge >= 0.3 is 0 Å². The zero-order valence-corrected chi connectivity index (χ0v) is 19.6. The Hall–Kier alpha value is -3.06. The van der Waals surface area contributed by atoms with E-state index in [0.29, 0.717) is 12.1 Å². The van der Waals surface area contributed by atoms with Crippen molar-refractivity contribution in [1.82, 2.24) is 5.32 Å². The normalized spacial score (nSPS) is 11.3. The maximum atomic E-state index is 12.7. The number of carbonyl (C=O) groups excluding carboxylic acids is 1. The topological polar surface area (TPSA) is 79.6 Å². The van der Waals surface area contributed by atoms with E-state index < -0.39 is 9.84 Å². The van der Waals surface area contributed by atoms with Gasteiger partial charge in [-0.05, 0) is 68.7 Å². The van der Waals surface area contributed by atoms with Gasteiger partial charge in [0, 0.05) is 25.3 Å². The molecular weight excluding hydrogens is 424 g/mol. The van der Waals surface area contributed by atoms with Crippen LogP contribution in [0.5, 0.6) is 0 Å². The maximum absolute atomic E-state index is 12.7. The monoisotopic (exact) mass is 454 g/mol. The molecule has 2 aromatic carbocycles. The van der Waals surface area contributed by atoms with Crippen molar-refractivity contribution in [2.75, 3.05) is 24.5 Å². The number of benzene rings is 2. The molecule has 1 aromatic heterocycles. The highest BCUT2D eigenvalue weighted by Gasteiger charge is 2.20. The molecule has 170 valence electrons. The Labute approximate surface area is 190 Å². The molecule has 3 aromatic rings. The van der Waals surface area contributed by atoms with Crippen LogP contribution in [0.1, 0.15) is 40.8 Å². The van der Waals surface area contributed by atoms with Crippen molar-refractivity contribution < 1.29 is 17.6 Å². The van der Waals surface area contributed by atoms with E-state index in [0.717, 1.165) is 19.5 Å². The van der Waals surface area contributed by atoms with Gasteiger partial charge in [0.15, 0.2) is 15.6 Å². The second kappa shape index (κ2) is 10.5. The van der Waals surface area contributed by atoms with Crippen LogP contribution in [0.4, 0.5) is 5.69 Å². The summed E-state index contributed by atoms with van der Waals surface area (Å²) in [6.45, 7) is 8.13. The molecule has 0 bridgehead atoms. The smallest absolute Gasteiger partial charge is 0.286 e. The number of amides is 1. The summed E-state index contributed by atoms with van der Waals surface area (Å²) in [5.74, 6) is -0.267. The molecule has 0 aliphatic carbocycles. The van der Waals surface area contributed by atoms with Crippen LogP contribution < -0.4 is 10.2 Å². The number of hydrogen-bond donors (Lipinski definition) is 1. The lowest BCUT2D eigenvalue weighted by atomic mass is 10.2. The Morgan fingerprint density at radius 1 is 1.03 bits per heavy atom. The molecule has 6 nitrogen and oxygen atoms in total. The Kier molecular flexibility index (Phi) is 7.75. The van der Waals surface area contributed by atoms with Crippen LogP contribution in [-0.4, -0.2) is 34.0 Å². The number of nitrogens with zero attached hydrogens (tertiary/aromatic N) is 1. The third kappa shape index (κ3) is 6.01. The number of rotatable bonds is 10. The van der Waals surface area contributed by atoms with E-state index in [4.69, 9.17) is 4.42 Å². The fourth-order valence-corrected chi connectivity index (χ4v) is 5.13. The van der Waals surface area contributed by atoms with Crippen LogP contribution in [0.25, 0.3) is 0 Å². The lowest BCUT2D eigenvalue weighted by Crippen LogP contribution is -2.29. The molecule has 0 atom stereocenters. The average Bonchev–Trinajstić information content (AvgIpc) is 3.21. The van der Waals surface area contributed by atoms with Crippen molar-refractivity contribution in [1.29, 1.82) is 0 Å². The highest BCUT2D eigenvalue weighted by Crippen LogP contribution is 2.21. The zero-order valence-electron chi connectivity index (χ0n) is 18.8. The zero-order chi connectivity index (χ0) is 23.1. The van der Waals surface area contributed by atoms with Crippen LogP contribution in [0.3, 0.4) is 0 Å². The van der Waals surface area contributed by atoms with Crippen molar-refractivity contribution in [2.24, 2.45) is 0 Å². The van der Waals surface area contributed by atoms with Gasteiger partial charge in [0.05, 0.1) is 4.90 Å². The van der Waals surface area contributed by atoms with Crippen LogP contribution in [0.2, 0.25) is 0 Å². The number of anilines is 1. The first kappa shape index (κ1) is 23.6. The molecular formula is C25H30N2O4S. The van der Waals surface area contributed by atoms with E-state index in [-0.39, 0.29) is 28.1 Å². The van der Waals surface area contributed by atoms with Crippen LogP contribution in [0.15, 0.2) is 70.0 Å². The highest BCUT2D eigenvalue weighted by molar-refractivity contribution is 7.90. The second-order valence-corrected chi connectivity index (χ2v) is 9.78. The Morgan fingerprint density at radius 3 is 2.53 bits per heavy atom. The lowest BCUT2D eigenvalue weighted by Gasteiger charge is -2.23. The van der Waals surface area contributed by atoms with E-state index in [1.54, 1.807) is 37.3 Å². The Balaban J connectivity index is 1.52. The van der Waals surface area contributed by atoms with Crippen molar-refractivity contribution in [3.63, 3.8) is 0 Å². The summed E-state index contributed by atoms with van der Waals surface area (Å²) in [6.07, 6.45) is 0.781. The van der Waals surface area contributed by atoms with Gasteiger partial charge in [0.2, 0.25) is 0 Å². The fraction of sp³-hybridized carbons (Fsp3) is 0.320. The number of carbonyl (C=O) groups is 1. The third-order valence-corrected chi connectivity index (χ3v) is 7.08. The molecule has 1 amide bonds. The van der Waals surface area contributed by atoms with E-state index >= 15 is 0 Å². The van der Waals surface area contributed by atoms with Crippen LogP contribution in [0, 0.1) is 13.8 Å². The van der Waals surface area contributed by atoms with Crippen molar-refractivity contribution in [3.8, 4) is 0 Å². The average molecular weight is 455 g/mol. The van der Waals surface area contributed by atoms with E-state index in [2.05, 4.69) is 42.3 Å². The molecule has 0 saturated carbocycles. The molecule has 0 saturated heterocycles. The number of aryl methyl sites for hydroxylation is 2. The quantitative estimate of drug-likeness (QED) is 0.456. The van der Waals surface area contributed by atoms with Gasteiger partial charge in [-0.3, -0.25) is 4.79 Å². The molecule has 0 aliphatic heterocycles. The van der Waals surface area contributed by atoms with Gasteiger partial charge in [-0.15, -0.1) is 0 Å². The molecule has 0 radical (unpaired) electrons. The fourth-order valence-electron chi connectivity index (χ4n) is 3.60. The van der Waals surface area contributed by atoms with Gasteiger partial charge in [0.25, 0.3) is 5.91 Å². The van der Waals surface area contributed by atoms with Gasteiger partial charge in [-0.25, -0.2) is 8.42 Å². The maximum Gasteiger partial charge on any atom is 0.286 e. The van der Waals surface area contributed by atoms with Crippen molar-refractivity contribution in [2.45, 2.75) is 37.8 Å². The summed E-state index contributed by atoms with van der Waals surface area (Å²) in [5, 5.41) is 2.85. The largest absolute Gasteiger partial charge is 0.455 e. The molecule has 1 heterocycles.